The van der Waals surface area contributed by atoms with Gasteiger partial charge in [0.2, 0.25) is 5.91 Å². The van der Waals surface area contributed by atoms with Crippen LogP contribution in [0.4, 0.5) is 0 Å². The first-order chi connectivity index (χ1) is 7.24. The maximum Gasteiger partial charge on any atom is 0.243 e. The lowest BCUT2D eigenvalue weighted by Crippen LogP contribution is -2.25. The zero-order valence-corrected chi connectivity index (χ0v) is 8.65. The minimum Gasteiger partial charge on any atom is -0.353 e. The van der Waals surface area contributed by atoms with Crippen molar-refractivity contribution in [1.29, 1.82) is 0 Å². The number of hydrogen-bond acceptors (Lipinski definition) is 2. The Balaban J connectivity index is 2.34. The van der Waals surface area contributed by atoms with E-state index < -0.39 is 0 Å². The van der Waals surface area contributed by atoms with Gasteiger partial charge in [0.05, 0.1) is 0 Å². The van der Waals surface area contributed by atoms with E-state index in [0.29, 0.717) is 6.54 Å². The van der Waals surface area contributed by atoms with Gasteiger partial charge >= 0.3 is 0 Å². The van der Waals surface area contributed by atoms with Crippen LogP contribution in [-0.4, -0.2) is 12.5 Å². The van der Waals surface area contributed by atoms with Crippen molar-refractivity contribution in [3.05, 3.63) is 48.6 Å². The van der Waals surface area contributed by atoms with Crippen molar-refractivity contribution >= 4 is 5.91 Å². The van der Waals surface area contributed by atoms with Gasteiger partial charge in [-0.05, 0) is 18.1 Å². The third kappa shape index (κ3) is 3.95. The van der Waals surface area contributed by atoms with E-state index >= 15 is 0 Å². The molecule has 1 aromatic rings. The molecular weight excluding hydrogens is 188 g/mol. The van der Waals surface area contributed by atoms with E-state index in [-0.39, 0.29) is 11.9 Å². The Morgan fingerprint density at radius 3 is 2.73 bits per heavy atom. The summed E-state index contributed by atoms with van der Waals surface area (Å²) in [5.41, 5.74) is 7.03. The molecule has 0 heterocycles. The number of nitrogens with two attached hydrogens (primary N) is 1. The monoisotopic (exact) mass is 204 g/mol. The van der Waals surface area contributed by atoms with Gasteiger partial charge in [-0.3, -0.25) is 4.79 Å². The van der Waals surface area contributed by atoms with E-state index in [2.05, 4.69) is 11.9 Å². The predicted octanol–water partition coefficient (Wildman–Crippen LogP) is 1.38. The second-order valence-electron chi connectivity index (χ2n) is 3.30. The molecule has 0 fully saturated rings. The number of amides is 1. The van der Waals surface area contributed by atoms with Gasteiger partial charge in [0.15, 0.2) is 0 Å². The highest BCUT2D eigenvalue weighted by Crippen LogP contribution is 2.11. The lowest BCUT2D eigenvalue weighted by atomic mass is 10.1. The molecule has 0 spiro atoms. The Kier molecular flexibility index (Phi) is 4.57. The van der Waals surface area contributed by atoms with Gasteiger partial charge in [0.1, 0.15) is 0 Å². The molecule has 0 radical (unpaired) electrons. The predicted molar refractivity (Wildman–Crippen MR) is 61.2 cm³/mol. The van der Waals surface area contributed by atoms with Gasteiger partial charge in [-0.15, -0.1) is 0 Å². The highest BCUT2D eigenvalue weighted by molar-refractivity contribution is 5.86. The first kappa shape index (κ1) is 11.5. The molecule has 0 aliphatic rings. The molecule has 0 aromatic heterocycles. The standard InChI is InChI=1S/C12H16N2O/c1-2-12(15)14-9-8-11(13)10-6-4-3-5-7-10/h2-7,11H,1,8-9,13H2,(H,14,15). The number of rotatable bonds is 5. The largest absolute Gasteiger partial charge is 0.353 e. The van der Waals surface area contributed by atoms with Crippen molar-refractivity contribution in [3.63, 3.8) is 0 Å². The van der Waals surface area contributed by atoms with E-state index in [9.17, 15) is 4.79 Å². The summed E-state index contributed by atoms with van der Waals surface area (Å²) in [7, 11) is 0. The fourth-order valence-electron chi connectivity index (χ4n) is 1.29. The van der Waals surface area contributed by atoms with Crippen LogP contribution in [0, 0.1) is 0 Å². The smallest absolute Gasteiger partial charge is 0.243 e. The van der Waals surface area contributed by atoms with Crippen molar-refractivity contribution in [2.24, 2.45) is 5.73 Å². The molecule has 0 saturated carbocycles. The van der Waals surface area contributed by atoms with E-state index in [0.717, 1.165) is 12.0 Å². The zero-order valence-electron chi connectivity index (χ0n) is 8.65. The Hall–Kier alpha value is -1.61. The lowest BCUT2D eigenvalue weighted by Gasteiger charge is -2.11. The van der Waals surface area contributed by atoms with Crippen LogP contribution in [0.2, 0.25) is 0 Å². The van der Waals surface area contributed by atoms with E-state index in [1.807, 2.05) is 30.3 Å². The molecule has 0 bridgehead atoms. The fourth-order valence-corrected chi connectivity index (χ4v) is 1.29. The third-order valence-electron chi connectivity index (χ3n) is 2.17. The molecule has 3 N–H and O–H groups in total. The second-order valence-corrected chi connectivity index (χ2v) is 3.30. The summed E-state index contributed by atoms with van der Waals surface area (Å²) in [6, 6.07) is 9.81. The number of hydrogen-bond donors (Lipinski definition) is 2. The molecule has 1 aromatic carbocycles. The Bertz CT molecular complexity index is 322. The van der Waals surface area contributed by atoms with Gasteiger partial charge in [0.25, 0.3) is 0 Å². The van der Waals surface area contributed by atoms with Gasteiger partial charge in [-0.2, -0.15) is 0 Å². The minimum absolute atomic E-state index is 0.0312. The maximum absolute atomic E-state index is 10.9. The molecule has 1 amide bonds. The quantitative estimate of drug-likeness (QED) is 0.712. The maximum atomic E-state index is 10.9. The van der Waals surface area contributed by atoms with Crippen molar-refractivity contribution < 1.29 is 4.79 Å². The van der Waals surface area contributed by atoms with Gasteiger partial charge < -0.3 is 11.1 Å². The summed E-state index contributed by atoms with van der Waals surface area (Å²) >= 11 is 0. The first-order valence-electron chi connectivity index (χ1n) is 4.95. The Labute approximate surface area is 90.0 Å². The van der Waals surface area contributed by atoms with E-state index in [1.54, 1.807) is 0 Å². The molecule has 0 saturated heterocycles. The van der Waals surface area contributed by atoms with Crippen molar-refractivity contribution in [2.75, 3.05) is 6.54 Å². The Morgan fingerprint density at radius 2 is 2.13 bits per heavy atom. The summed E-state index contributed by atoms with van der Waals surface area (Å²) in [6.45, 7) is 3.94. The molecule has 3 nitrogen and oxygen atoms in total. The van der Waals surface area contributed by atoms with Crippen molar-refractivity contribution in [3.8, 4) is 0 Å². The average Bonchev–Trinajstić information content (AvgIpc) is 2.29. The average molecular weight is 204 g/mol. The zero-order chi connectivity index (χ0) is 11.1. The number of carbonyl (C=O) groups excluding carboxylic acids is 1. The third-order valence-corrected chi connectivity index (χ3v) is 2.17. The first-order valence-corrected chi connectivity index (χ1v) is 4.95. The summed E-state index contributed by atoms with van der Waals surface area (Å²) in [4.78, 5) is 10.9. The number of nitrogens with one attached hydrogen (secondary N) is 1. The lowest BCUT2D eigenvalue weighted by molar-refractivity contribution is -0.116. The van der Waals surface area contributed by atoms with Crippen LogP contribution in [0.15, 0.2) is 43.0 Å². The molecule has 80 valence electrons. The highest BCUT2D eigenvalue weighted by Gasteiger charge is 2.04. The minimum atomic E-state index is -0.157. The van der Waals surface area contributed by atoms with Gasteiger partial charge in [0, 0.05) is 12.6 Å². The molecule has 15 heavy (non-hydrogen) atoms. The number of carbonyl (C=O) groups is 1. The van der Waals surface area contributed by atoms with E-state index in [4.69, 9.17) is 5.73 Å². The van der Waals surface area contributed by atoms with Crippen LogP contribution in [0.5, 0.6) is 0 Å². The van der Waals surface area contributed by atoms with Gasteiger partial charge in [-0.25, -0.2) is 0 Å². The summed E-state index contributed by atoms with van der Waals surface area (Å²) in [5, 5.41) is 2.70. The van der Waals surface area contributed by atoms with E-state index in [1.165, 1.54) is 6.08 Å². The molecular formula is C12H16N2O. The number of benzene rings is 1. The van der Waals surface area contributed by atoms with Crippen LogP contribution in [0.1, 0.15) is 18.0 Å². The van der Waals surface area contributed by atoms with Gasteiger partial charge in [-0.1, -0.05) is 36.9 Å². The van der Waals surface area contributed by atoms with Crippen molar-refractivity contribution in [2.45, 2.75) is 12.5 Å². The normalized spacial score (nSPS) is 11.8. The fraction of sp³-hybridized carbons (Fsp3) is 0.250. The molecule has 3 heteroatoms. The van der Waals surface area contributed by atoms with Crippen LogP contribution >= 0.6 is 0 Å². The second kappa shape index (κ2) is 5.98. The summed E-state index contributed by atoms with van der Waals surface area (Å²) in [6.07, 6.45) is 1.98. The molecule has 0 aliphatic heterocycles. The van der Waals surface area contributed by atoms with Crippen LogP contribution in [-0.2, 0) is 4.79 Å². The summed E-state index contributed by atoms with van der Waals surface area (Å²) < 4.78 is 0. The highest BCUT2D eigenvalue weighted by atomic mass is 16.1. The molecule has 1 rings (SSSR count). The summed E-state index contributed by atoms with van der Waals surface area (Å²) in [5.74, 6) is -0.157. The topological polar surface area (TPSA) is 55.1 Å². The van der Waals surface area contributed by atoms with Crippen molar-refractivity contribution in [1.82, 2.24) is 5.32 Å². The molecule has 0 aliphatic carbocycles. The van der Waals surface area contributed by atoms with Crippen LogP contribution in [0.3, 0.4) is 0 Å². The van der Waals surface area contributed by atoms with Crippen LogP contribution in [0.25, 0.3) is 0 Å². The molecule has 1 atom stereocenters. The Morgan fingerprint density at radius 1 is 1.47 bits per heavy atom. The molecule has 1 unspecified atom stereocenters. The SMILES string of the molecule is C=CC(=O)NCCC(N)c1ccccc1. The van der Waals surface area contributed by atoms with Crippen LogP contribution < -0.4 is 11.1 Å².